The van der Waals surface area contributed by atoms with Crippen molar-refractivity contribution in [3.8, 4) is 0 Å². The van der Waals surface area contributed by atoms with Gasteiger partial charge in [-0.15, -0.1) is 0 Å². The molecule has 1 atom stereocenters. The highest BCUT2D eigenvalue weighted by Crippen LogP contribution is 1.74. The highest BCUT2D eigenvalue weighted by Gasteiger charge is 2.03. The SMILES string of the molecule is C=[O+]CC(O)CO. The van der Waals surface area contributed by atoms with E-state index in [1.54, 1.807) is 0 Å². The summed E-state index contributed by atoms with van der Waals surface area (Å²) in [5, 5.41) is 16.6. The zero-order valence-electron chi connectivity index (χ0n) is 4.00. The lowest BCUT2D eigenvalue weighted by molar-refractivity contribution is -0.460. The summed E-state index contributed by atoms with van der Waals surface area (Å²) < 4.78 is 4.23. The van der Waals surface area contributed by atoms with Crippen LogP contribution in [0.4, 0.5) is 0 Å². The molecule has 7 heavy (non-hydrogen) atoms. The normalized spacial score (nSPS) is 13.4. The molecule has 0 rings (SSSR count). The molecular weight excluding hydrogens is 96.0 g/mol. The molecule has 0 amide bonds. The van der Waals surface area contributed by atoms with Crippen LogP contribution in [0.5, 0.6) is 0 Å². The third kappa shape index (κ3) is 3.42. The lowest BCUT2D eigenvalue weighted by Crippen LogP contribution is -2.16. The molecule has 0 spiro atoms. The minimum atomic E-state index is -0.780. The number of carbonyl (C=O) groups excluding carboxylic acids is 1. The van der Waals surface area contributed by atoms with E-state index in [1.807, 2.05) is 0 Å². The number of aliphatic hydroxyl groups is 2. The molecule has 3 nitrogen and oxygen atoms in total. The van der Waals surface area contributed by atoms with Crippen LogP contribution in [0, 0.1) is 0 Å². The lowest BCUT2D eigenvalue weighted by Gasteiger charge is -1.91. The molecule has 2 N–H and O–H groups in total. The Kier molecular flexibility index (Phi) is 3.55. The first-order valence-electron chi connectivity index (χ1n) is 1.97. The van der Waals surface area contributed by atoms with Crippen molar-refractivity contribution < 1.29 is 14.6 Å². The van der Waals surface area contributed by atoms with E-state index in [4.69, 9.17) is 10.2 Å². The van der Waals surface area contributed by atoms with Gasteiger partial charge < -0.3 is 10.2 Å². The molecule has 0 bridgehead atoms. The first-order chi connectivity index (χ1) is 3.31. The minimum absolute atomic E-state index is 0.0938. The predicted molar refractivity (Wildman–Crippen MR) is 25.1 cm³/mol. The summed E-state index contributed by atoms with van der Waals surface area (Å²) in [5.41, 5.74) is 0. The second kappa shape index (κ2) is 3.77. The van der Waals surface area contributed by atoms with Crippen molar-refractivity contribution in [2.24, 2.45) is 0 Å². The monoisotopic (exact) mass is 105 g/mol. The quantitative estimate of drug-likeness (QED) is 0.438. The van der Waals surface area contributed by atoms with Crippen LogP contribution in [0.1, 0.15) is 0 Å². The number of hydrogen-bond acceptors (Lipinski definition) is 2. The Hall–Kier alpha value is -0.410. The summed E-state index contributed by atoms with van der Waals surface area (Å²) in [6.45, 7) is 2.83. The molecular formula is C4H9O3+. The second-order valence-electron chi connectivity index (χ2n) is 1.21. The number of aliphatic hydroxyl groups excluding tert-OH is 2. The van der Waals surface area contributed by atoms with Gasteiger partial charge in [-0.1, -0.05) is 0 Å². The summed E-state index contributed by atoms with van der Waals surface area (Å²) in [4.78, 5) is 0. The van der Waals surface area contributed by atoms with Gasteiger partial charge in [-0.2, -0.15) is 0 Å². The van der Waals surface area contributed by atoms with Crippen LogP contribution >= 0.6 is 0 Å². The Balaban J connectivity index is 2.98. The van der Waals surface area contributed by atoms with Gasteiger partial charge in [0.05, 0.1) is 6.61 Å². The molecule has 0 fully saturated rings. The average molecular weight is 105 g/mol. The fourth-order valence-electron chi connectivity index (χ4n) is 0.189. The molecule has 0 aromatic carbocycles. The molecule has 0 aliphatic rings. The summed E-state index contributed by atoms with van der Waals surface area (Å²) >= 11 is 0. The van der Waals surface area contributed by atoms with Crippen molar-refractivity contribution in [3.63, 3.8) is 0 Å². The molecule has 0 aliphatic carbocycles. The second-order valence-corrected chi connectivity index (χ2v) is 1.21. The first kappa shape index (κ1) is 6.59. The van der Waals surface area contributed by atoms with Crippen LogP contribution < -0.4 is 0 Å². The summed E-state index contributed by atoms with van der Waals surface area (Å²) in [6.07, 6.45) is -0.780. The Morgan fingerprint density at radius 2 is 2.29 bits per heavy atom. The Morgan fingerprint density at radius 3 is 2.43 bits per heavy atom. The summed E-state index contributed by atoms with van der Waals surface area (Å²) in [6, 6.07) is 0. The van der Waals surface area contributed by atoms with Crippen molar-refractivity contribution >= 4 is 6.79 Å². The molecule has 0 aromatic heterocycles. The maximum absolute atomic E-state index is 8.44. The van der Waals surface area contributed by atoms with Gasteiger partial charge in [0, 0.05) is 0 Å². The highest BCUT2D eigenvalue weighted by molar-refractivity contribution is 5.12. The molecule has 0 heterocycles. The molecule has 3 heteroatoms. The summed E-state index contributed by atoms with van der Waals surface area (Å²) in [5.74, 6) is 0. The van der Waals surface area contributed by atoms with Crippen molar-refractivity contribution in [2.45, 2.75) is 6.10 Å². The van der Waals surface area contributed by atoms with Crippen LogP contribution in [0.15, 0.2) is 0 Å². The van der Waals surface area contributed by atoms with Gasteiger partial charge in [0.15, 0.2) is 6.10 Å². The topological polar surface area (TPSA) is 51.8 Å². The van der Waals surface area contributed by atoms with Crippen molar-refractivity contribution in [3.05, 3.63) is 0 Å². The van der Waals surface area contributed by atoms with E-state index in [-0.39, 0.29) is 13.2 Å². The van der Waals surface area contributed by atoms with Gasteiger partial charge >= 0.3 is 0 Å². The average Bonchev–Trinajstić information content (AvgIpc) is 1.68. The van der Waals surface area contributed by atoms with Crippen molar-refractivity contribution in [2.75, 3.05) is 13.2 Å². The van der Waals surface area contributed by atoms with Gasteiger partial charge in [-0.25, -0.2) is 0 Å². The number of rotatable bonds is 3. The maximum Gasteiger partial charge on any atom is 0.289 e. The van der Waals surface area contributed by atoms with Crippen LogP contribution in [-0.2, 0) is 4.42 Å². The molecule has 0 saturated heterocycles. The minimum Gasteiger partial charge on any atom is -0.393 e. The zero-order valence-corrected chi connectivity index (χ0v) is 4.00. The van der Waals surface area contributed by atoms with Crippen molar-refractivity contribution in [1.82, 2.24) is 0 Å². The summed E-state index contributed by atoms with van der Waals surface area (Å²) in [7, 11) is 0. The highest BCUT2D eigenvalue weighted by atomic mass is 16.4. The van der Waals surface area contributed by atoms with Crippen LogP contribution in [0.2, 0.25) is 0 Å². The van der Waals surface area contributed by atoms with Crippen LogP contribution in [0.25, 0.3) is 0 Å². The largest absolute Gasteiger partial charge is 0.393 e. The molecule has 1 unspecified atom stereocenters. The molecule has 0 aliphatic heterocycles. The molecule has 0 saturated carbocycles. The lowest BCUT2D eigenvalue weighted by atomic mass is 10.4. The van der Waals surface area contributed by atoms with E-state index in [0.29, 0.717) is 0 Å². The van der Waals surface area contributed by atoms with Gasteiger partial charge in [-0.3, -0.25) is 4.42 Å². The number of hydrogen-bond donors (Lipinski definition) is 2. The third-order valence-electron chi connectivity index (χ3n) is 0.521. The van der Waals surface area contributed by atoms with Gasteiger partial charge in [0.1, 0.15) is 0 Å². The van der Waals surface area contributed by atoms with E-state index >= 15 is 0 Å². The third-order valence-corrected chi connectivity index (χ3v) is 0.521. The van der Waals surface area contributed by atoms with Gasteiger partial charge in [0.2, 0.25) is 0 Å². The smallest absolute Gasteiger partial charge is 0.289 e. The van der Waals surface area contributed by atoms with E-state index in [1.165, 1.54) is 0 Å². The Bertz CT molecular complexity index is 52.9. The first-order valence-corrected chi connectivity index (χ1v) is 1.97. The van der Waals surface area contributed by atoms with E-state index in [0.717, 1.165) is 0 Å². The van der Waals surface area contributed by atoms with E-state index < -0.39 is 6.10 Å². The van der Waals surface area contributed by atoms with Crippen LogP contribution in [0.3, 0.4) is 0 Å². The Morgan fingerprint density at radius 1 is 1.71 bits per heavy atom. The van der Waals surface area contributed by atoms with Crippen molar-refractivity contribution in [1.29, 1.82) is 0 Å². The zero-order chi connectivity index (χ0) is 5.70. The van der Waals surface area contributed by atoms with E-state index in [9.17, 15) is 0 Å². The predicted octanol–water partition coefficient (Wildman–Crippen LogP) is -1.30. The fraction of sp³-hybridized carbons (Fsp3) is 0.750. The molecule has 0 aromatic rings. The van der Waals surface area contributed by atoms with Gasteiger partial charge in [-0.05, 0) is 0 Å². The fourth-order valence-corrected chi connectivity index (χ4v) is 0.189. The molecule has 0 radical (unpaired) electrons. The Labute approximate surface area is 41.9 Å². The van der Waals surface area contributed by atoms with E-state index in [2.05, 4.69) is 11.2 Å². The molecule has 42 valence electrons. The van der Waals surface area contributed by atoms with Crippen LogP contribution in [-0.4, -0.2) is 36.3 Å². The standard InChI is InChI=1S/C4H9O3/c1-7-3-4(6)2-5/h4-6H,1-3H2/q+1. The van der Waals surface area contributed by atoms with Gasteiger partial charge in [0.25, 0.3) is 13.4 Å². The maximum atomic E-state index is 8.44.